The van der Waals surface area contributed by atoms with Crippen LogP contribution in [0.5, 0.6) is 0 Å². The van der Waals surface area contributed by atoms with Crippen LogP contribution in [0.4, 0.5) is 10.5 Å². The Morgan fingerprint density at radius 1 is 1.06 bits per heavy atom. The van der Waals surface area contributed by atoms with Crippen LogP contribution in [0.3, 0.4) is 0 Å². The molecule has 3 amide bonds. The summed E-state index contributed by atoms with van der Waals surface area (Å²) < 4.78 is 5.43. The van der Waals surface area contributed by atoms with E-state index in [9.17, 15) is 14.4 Å². The molecule has 1 aromatic heterocycles. The first kappa shape index (κ1) is 24.7. The van der Waals surface area contributed by atoms with Crippen LogP contribution in [0.2, 0.25) is 0 Å². The Bertz CT molecular complexity index is 963. The summed E-state index contributed by atoms with van der Waals surface area (Å²) in [7, 11) is 1.68. The van der Waals surface area contributed by atoms with Gasteiger partial charge in [-0.1, -0.05) is 18.2 Å². The van der Waals surface area contributed by atoms with Crippen molar-refractivity contribution in [2.75, 3.05) is 51.2 Å². The summed E-state index contributed by atoms with van der Waals surface area (Å²) in [5.41, 5.74) is 0.524. The van der Waals surface area contributed by atoms with Crippen LogP contribution in [0, 0.1) is 0 Å². The molecule has 9 heteroatoms. The van der Waals surface area contributed by atoms with Crippen molar-refractivity contribution in [3.05, 3.63) is 52.2 Å². The van der Waals surface area contributed by atoms with Crippen LogP contribution >= 0.6 is 11.3 Å². The van der Waals surface area contributed by atoms with Gasteiger partial charge in [-0.15, -0.1) is 11.3 Å². The highest BCUT2D eigenvalue weighted by molar-refractivity contribution is 7.12. The fraction of sp³-hybridized carbons (Fsp3) is 0.458. The van der Waals surface area contributed by atoms with Crippen molar-refractivity contribution in [3.63, 3.8) is 0 Å². The van der Waals surface area contributed by atoms with Gasteiger partial charge in [-0.05, 0) is 44.4 Å². The third-order valence-corrected chi connectivity index (χ3v) is 6.14. The van der Waals surface area contributed by atoms with E-state index in [0.717, 1.165) is 13.1 Å². The van der Waals surface area contributed by atoms with E-state index in [1.165, 1.54) is 16.2 Å². The van der Waals surface area contributed by atoms with Gasteiger partial charge >= 0.3 is 6.09 Å². The van der Waals surface area contributed by atoms with Gasteiger partial charge in [0.05, 0.1) is 16.1 Å². The average Bonchev–Trinajstić information content (AvgIpc) is 3.32. The highest BCUT2D eigenvalue weighted by Gasteiger charge is 2.26. The van der Waals surface area contributed by atoms with Crippen LogP contribution in [0.15, 0.2) is 41.8 Å². The maximum absolute atomic E-state index is 12.9. The fourth-order valence-electron chi connectivity index (χ4n) is 3.54. The summed E-state index contributed by atoms with van der Waals surface area (Å²) in [4.78, 5) is 43.8. The maximum Gasteiger partial charge on any atom is 0.410 e. The molecule has 0 radical (unpaired) electrons. The van der Waals surface area contributed by atoms with Gasteiger partial charge in [0.1, 0.15) is 5.60 Å². The molecule has 1 saturated heterocycles. The Balaban J connectivity index is 1.49. The molecule has 0 aliphatic carbocycles. The number of carbonyl (C=O) groups is 3. The van der Waals surface area contributed by atoms with E-state index in [1.807, 2.05) is 38.3 Å². The third kappa shape index (κ3) is 6.79. The molecule has 1 aliphatic heterocycles. The number of piperazine rings is 1. The molecule has 1 fully saturated rings. The number of para-hydroxylation sites is 1. The largest absolute Gasteiger partial charge is 0.444 e. The zero-order chi connectivity index (χ0) is 24.0. The van der Waals surface area contributed by atoms with E-state index in [1.54, 1.807) is 36.2 Å². The molecular weight excluding hydrogens is 440 g/mol. The van der Waals surface area contributed by atoms with E-state index in [0.29, 0.717) is 42.3 Å². The minimum Gasteiger partial charge on any atom is -0.444 e. The van der Waals surface area contributed by atoms with E-state index < -0.39 is 5.60 Å². The summed E-state index contributed by atoms with van der Waals surface area (Å²) in [6, 6.07) is 10.7. The van der Waals surface area contributed by atoms with E-state index in [2.05, 4.69) is 10.2 Å². The average molecular weight is 473 g/mol. The zero-order valence-corrected chi connectivity index (χ0v) is 20.5. The van der Waals surface area contributed by atoms with Crippen molar-refractivity contribution < 1.29 is 19.1 Å². The van der Waals surface area contributed by atoms with Crippen LogP contribution in [-0.4, -0.2) is 79.6 Å². The molecule has 0 atom stereocenters. The summed E-state index contributed by atoms with van der Waals surface area (Å²) >= 11 is 1.37. The second-order valence-electron chi connectivity index (χ2n) is 8.92. The lowest BCUT2D eigenvalue weighted by Gasteiger charge is -2.35. The predicted molar refractivity (Wildman–Crippen MR) is 130 cm³/mol. The minimum absolute atomic E-state index is 0.145. The van der Waals surface area contributed by atoms with Crippen LogP contribution < -0.4 is 10.2 Å². The van der Waals surface area contributed by atoms with Crippen LogP contribution in [-0.2, 0) is 4.74 Å². The molecule has 0 bridgehead atoms. The van der Waals surface area contributed by atoms with Crippen molar-refractivity contribution in [1.82, 2.24) is 15.1 Å². The first-order valence-electron chi connectivity index (χ1n) is 11.0. The number of amides is 3. The number of nitrogens with zero attached hydrogens (tertiary/aromatic N) is 3. The summed E-state index contributed by atoms with van der Waals surface area (Å²) in [6.07, 6.45) is -0.284. The van der Waals surface area contributed by atoms with Gasteiger partial charge in [0.15, 0.2) is 0 Å². The monoisotopic (exact) mass is 472 g/mol. The molecule has 8 nitrogen and oxygen atoms in total. The first-order chi connectivity index (χ1) is 15.7. The number of thiophene rings is 1. The molecule has 2 aromatic rings. The summed E-state index contributed by atoms with van der Waals surface area (Å²) in [6.45, 7) is 9.38. The van der Waals surface area contributed by atoms with Crippen molar-refractivity contribution in [3.8, 4) is 0 Å². The van der Waals surface area contributed by atoms with E-state index >= 15 is 0 Å². The smallest absolute Gasteiger partial charge is 0.410 e. The maximum atomic E-state index is 12.9. The third-order valence-electron chi connectivity index (χ3n) is 5.28. The molecule has 33 heavy (non-hydrogen) atoms. The molecule has 3 rings (SSSR count). The molecule has 1 N–H and O–H groups in total. The number of anilines is 1. The van der Waals surface area contributed by atoms with Gasteiger partial charge in [0.25, 0.3) is 11.8 Å². The molecule has 0 unspecified atom stereocenters. The van der Waals surface area contributed by atoms with Gasteiger partial charge in [0.2, 0.25) is 0 Å². The molecular formula is C24H32N4O4S. The summed E-state index contributed by atoms with van der Waals surface area (Å²) in [5.74, 6) is -0.364. The normalized spacial score (nSPS) is 14.6. The number of nitrogens with one attached hydrogen (secondary N) is 1. The lowest BCUT2D eigenvalue weighted by Crippen LogP contribution is -2.51. The molecule has 1 aliphatic rings. The van der Waals surface area contributed by atoms with Gasteiger partial charge in [0, 0.05) is 46.3 Å². The molecule has 2 heterocycles. The van der Waals surface area contributed by atoms with Crippen molar-refractivity contribution in [2.24, 2.45) is 0 Å². The standard InChI is InChI=1S/C24H32N4O4S/c1-24(2,3)32-23(31)28-15-13-27(14-16-28)12-11-25-21(29)18-8-5-6-9-19(18)26(4)22(30)20-10-7-17-33-20/h5-10,17H,11-16H2,1-4H3,(H,25,29). The number of benzene rings is 1. The second-order valence-corrected chi connectivity index (χ2v) is 9.87. The lowest BCUT2D eigenvalue weighted by atomic mass is 10.1. The Morgan fingerprint density at radius 2 is 1.76 bits per heavy atom. The van der Waals surface area contributed by atoms with Gasteiger partial charge in [-0.3, -0.25) is 14.5 Å². The highest BCUT2D eigenvalue weighted by Crippen LogP contribution is 2.22. The minimum atomic E-state index is -0.503. The first-order valence-corrected chi connectivity index (χ1v) is 11.9. The number of carbonyl (C=O) groups excluding carboxylic acids is 3. The Morgan fingerprint density at radius 3 is 2.39 bits per heavy atom. The number of rotatable bonds is 6. The number of ether oxygens (including phenoxy) is 1. The predicted octanol–water partition coefficient (Wildman–Crippen LogP) is 3.31. The van der Waals surface area contributed by atoms with Crippen molar-refractivity contribution in [1.29, 1.82) is 0 Å². The zero-order valence-electron chi connectivity index (χ0n) is 19.7. The van der Waals surface area contributed by atoms with Crippen molar-refractivity contribution in [2.45, 2.75) is 26.4 Å². The van der Waals surface area contributed by atoms with Crippen LogP contribution in [0.1, 0.15) is 40.8 Å². The molecule has 1 aromatic carbocycles. The lowest BCUT2D eigenvalue weighted by molar-refractivity contribution is 0.0147. The summed E-state index contributed by atoms with van der Waals surface area (Å²) in [5, 5.41) is 4.81. The second kappa shape index (κ2) is 10.8. The van der Waals surface area contributed by atoms with Crippen LogP contribution in [0.25, 0.3) is 0 Å². The fourth-order valence-corrected chi connectivity index (χ4v) is 4.23. The van der Waals surface area contributed by atoms with E-state index in [4.69, 9.17) is 4.74 Å². The highest BCUT2D eigenvalue weighted by atomic mass is 32.1. The number of hydrogen-bond donors (Lipinski definition) is 1. The Labute approximate surface area is 199 Å². The number of hydrogen-bond acceptors (Lipinski definition) is 6. The van der Waals surface area contributed by atoms with Crippen molar-refractivity contribution >= 4 is 34.9 Å². The Hall–Kier alpha value is -2.91. The molecule has 0 saturated carbocycles. The van der Waals surface area contributed by atoms with Gasteiger partial charge < -0.3 is 19.9 Å². The van der Waals surface area contributed by atoms with Gasteiger partial charge in [-0.25, -0.2) is 4.79 Å². The Kier molecular flexibility index (Phi) is 8.10. The topological polar surface area (TPSA) is 82.2 Å². The van der Waals surface area contributed by atoms with Gasteiger partial charge in [-0.2, -0.15) is 0 Å². The molecule has 0 spiro atoms. The van der Waals surface area contributed by atoms with E-state index in [-0.39, 0.29) is 17.9 Å². The SMILES string of the molecule is CN(C(=O)c1cccs1)c1ccccc1C(=O)NCCN1CCN(C(=O)OC(C)(C)C)CC1. The quantitative estimate of drug-likeness (QED) is 0.698. The molecule has 178 valence electrons.